The lowest BCUT2D eigenvalue weighted by Crippen LogP contribution is -2.86. The molecule has 0 aliphatic carbocycles. The van der Waals surface area contributed by atoms with Gasteiger partial charge in [-0.2, -0.15) is 0 Å². The van der Waals surface area contributed by atoms with Gasteiger partial charge in [-0.25, -0.2) is 0 Å². The lowest BCUT2D eigenvalue weighted by molar-refractivity contribution is -0.684. The SMILES string of the molecule is COc1cc2c(cc1NC(=O)C[NH2+][C@H](C)c1ccco1)oc1ccccc12. The highest BCUT2D eigenvalue weighted by atomic mass is 16.5. The van der Waals surface area contributed by atoms with Crippen LogP contribution in [-0.4, -0.2) is 19.6 Å². The molecule has 138 valence electrons. The molecular formula is C21H21N2O4+. The molecule has 0 aliphatic heterocycles. The first-order valence-electron chi connectivity index (χ1n) is 8.81. The van der Waals surface area contributed by atoms with Gasteiger partial charge < -0.3 is 24.2 Å². The summed E-state index contributed by atoms with van der Waals surface area (Å²) in [5, 5.41) is 6.80. The van der Waals surface area contributed by atoms with Crippen LogP contribution in [0.1, 0.15) is 18.7 Å². The lowest BCUT2D eigenvalue weighted by atomic mass is 10.1. The maximum Gasteiger partial charge on any atom is 0.279 e. The van der Waals surface area contributed by atoms with Crippen LogP contribution in [-0.2, 0) is 4.79 Å². The number of furan rings is 2. The van der Waals surface area contributed by atoms with Crippen LogP contribution < -0.4 is 15.4 Å². The van der Waals surface area contributed by atoms with E-state index in [4.69, 9.17) is 13.6 Å². The molecule has 0 radical (unpaired) electrons. The largest absolute Gasteiger partial charge is 0.495 e. The number of hydrogen-bond acceptors (Lipinski definition) is 4. The molecule has 1 amide bonds. The molecule has 3 N–H and O–H groups in total. The normalized spacial score (nSPS) is 12.4. The number of benzene rings is 2. The minimum absolute atomic E-state index is 0.0606. The second-order valence-corrected chi connectivity index (χ2v) is 6.44. The van der Waals surface area contributed by atoms with Crippen molar-refractivity contribution in [3.63, 3.8) is 0 Å². The Morgan fingerprint density at radius 2 is 2.00 bits per heavy atom. The van der Waals surface area contributed by atoms with Crippen molar-refractivity contribution in [2.24, 2.45) is 0 Å². The summed E-state index contributed by atoms with van der Waals surface area (Å²) in [6.45, 7) is 2.26. The maximum atomic E-state index is 12.4. The summed E-state index contributed by atoms with van der Waals surface area (Å²) in [5.41, 5.74) is 2.10. The lowest BCUT2D eigenvalue weighted by Gasteiger charge is -2.11. The average molecular weight is 365 g/mol. The van der Waals surface area contributed by atoms with Crippen molar-refractivity contribution in [1.82, 2.24) is 0 Å². The van der Waals surface area contributed by atoms with E-state index in [0.29, 0.717) is 17.0 Å². The zero-order valence-electron chi connectivity index (χ0n) is 15.2. The molecule has 0 bridgehead atoms. The van der Waals surface area contributed by atoms with Crippen LogP contribution in [0.15, 0.2) is 63.6 Å². The summed E-state index contributed by atoms with van der Waals surface area (Å²) in [6.07, 6.45) is 1.63. The van der Waals surface area contributed by atoms with E-state index in [9.17, 15) is 4.79 Å². The van der Waals surface area contributed by atoms with Crippen molar-refractivity contribution in [1.29, 1.82) is 0 Å². The van der Waals surface area contributed by atoms with E-state index in [2.05, 4.69) is 5.32 Å². The first-order chi connectivity index (χ1) is 13.2. The summed E-state index contributed by atoms with van der Waals surface area (Å²) in [4.78, 5) is 12.4. The van der Waals surface area contributed by atoms with Crippen LogP contribution in [0.3, 0.4) is 0 Å². The molecule has 0 saturated heterocycles. The summed E-state index contributed by atoms with van der Waals surface area (Å²) in [5.74, 6) is 1.31. The highest BCUT2D eigenvalue weighted by Crippen LogP contribution is 2.36. The number of amides is 1. The molecule has 2 heterocycles. The van der Waals surface area contributed by atoms with E-state index >= 15 is 0 Å². The fourth-order valence-electron chi connectivity index (χ4n) is 3.17. The summed E-state index contributed by atoms with van der Waals surface area (Å²) in [6, 6.07) is 15.3. The number of para-hydroxylation sites is 1. The number of carbonyl (C=O) groups excluding carboxylic acids is 1. The van der Waals surface area contributed by atoms with Gasteiger partial charge in [0.1, 0.15) is 23.0 Å². The quantitative estimate of drug-likeness (QED) is 0.548. The van der Waals surface area contributed by atoms with E-state index in [1.807, 2.05) is 60.8 Å². The smallest absolute Gasteiger partial charge is 0.279 e. The molecule has 0 spiro atoms. The van der Waals surface area contributed by atoms with Gasteiger partial charge in [0.05, 0.1) is 19.1 Å². The third-order valence-electron chi connectivity index (χ3n) is 4.62. The van der Waals surface area contributed by atoms with Crippen molar-refractivity contribution in [2.75, 3.05) is 19.0 Å². The number of ether oxygens (including phenoxy) is 1. The molecule has 1 atom stereocenters. The fraction of sp³-hybridized carbons (Fsp3) is 0.190. The van der Waals surface area contributed by atoms with E-state index in [0.717, 1.165) is 22.1 Å². The van der Waals surface area contributed by atoms with Gasteiger partial charge in [-0.15, -0.1) is 0 Å². The number of rotatable bonds is 6. The number of fused-ring (bicyclic) bond motifs is 3. The molecule has 2 aromatic heterocycles. The summed E-state index contributed by atoms with van der Waals surface area (Å²) < 4.78 is 16.7. The molecule has 27 heavy (non-hydrogen) atoms. The molecule has 0 aliphatic rings. The molecule has 4 aromatic rings. The van der Waals surface area contributed by atoms with Crippen LogP contribution in [0.25, 0.3) is 21.9 Å². The second kappa shape index (κ2) is 7.17. The Kier molecular flexibility index (Phi) is 4.56. The molecule has 2 aromatic carbocycles. The number of anilines is 1. The molecular weight excluding hydrogens is 344 g/mol. The predicted molar refractivity (Wildman–Crippen MR) is 103 cm³/mol. The first-order valence-corrected chi connectivity index (χ1v) is 8.81. The number of quaternary nitrogens is 1. The minimum atomic E-state index is -0.123. The Labute approximate surface area is 156 Å². The average Bonchev–Trinajstić information content (AvgIpc) is 3.33. The van der Waals surface area contributed by atoms with Gasteiger partial charge in [0.2, 0.25) is 0 Å². The van der Waals surface area contributed by atoms with E-state index in [1.165, 1.54) is 0 Å². The fourth-order valence-corrected chi connectivity index (χ4v) is 3.17. The molecule has 0 unspecified atom stereocenters. The van der Waals surface area contributed by atoms with Crippen LogP contribution in [0.5, 0.6) is 5.75 Å². The third-order valence-corrected chi connectivity index (χ3v) is 4.62. The highest BCUT2D eigenvalue weighted by molar-refractivity contribution is 6.07. The molecule has 0 saturated carbocycles. The Morgan fingerprint density at radius 3 is 2.78 bits per heavy atom. The van der Waals surface area contributed by atoms with Gasteiger partial charge in [-0.3, -0.25) is 4.79 Å². The van der Waals surface area contributed by atoms with Crippen molar-refractivity contribution < 1.29 is 23.7 Å². The number of methoxy groups -OCH3 is 1. The van der Waals surface area contributed by atoms with Crippen molar-refractivity contribution in [3.05, 3.63) is 60.6 Å². The first kappa shape index (κ1) is 17.2. The van der Waals surface area contributed by atoms with Gasteiger partial charge in [-0.1, -0.05) is 18.2 Å². The molecule has 6 nitrogen and oxygen atoms in total. The standard InChI is InChI=1S/C21H20N2O4/c1-13(17-8-5-9-26-17)22-12-21(24)23-16-11-19-15(10-20(16)25-2)14-6-3-4-7-18(14)27-19/h3-11,13,22H,12H2,1-2H3,(H,23,24)/p+1/t13-/m1/s1. The topological polar surface area (TPSA) is 81.2 Å². The maximum absolute atomic E-state index is 12.4. The zero-order chi connectivity index (χ0) is 18.8. The third kappa shape index (κ3) is 3.39. The zero-order valence-corrected chi connectivity index (χ0v) is 15.2. The van der Waals surface area contributed by atoms with Crippen molar-refractivity contribution in [3.8, 4) is 5.75 Å². The summed E-state index contributed by atoms with van der Waals surface area (Å²) in [7, 11) is 1.59. The molecule has 6 heteroatoms. The van der Waals surface area contributed by atoms with Gasteiger partial charge in [0.25, 0.3) is 5.91 Å². The summed E-state index contributed by atoms with van der Waals surface area (Å²) >= 11 is 0. The van der Waals surface area contributed by atoms with Gasteiger partial charge in [0.15, 0.2) is 12.3 Å². The molecule has 0 fully saturated rings. The number of hydrogen-bond donors (Lipinski definition) is 2. The van der Waals surface area contributed by atoms with Crippen LogP contribution >= 0.6 is 0 Å². The van der Waals surface area contributed by atoms with Crippen LogP contribution in [0.2, 0.25) is 0 Å². The Bertz CT molecular complexity index is 1080. The van der Waals surface area contributed by atoms with Gasteiger partial charge in [0, 0.05) is 16.8 Å². The number of nitrogens with two attached hydrogens (primary N) is 1. The van der Waals surface area contributed by atoms with Crippen LogP contribution in [0, 0.1) is 0 Å². The predicted octanol–water partition coefficient (Wildman–Crippen LogP) is 3.45. The molecule has 4 rings (SSSR count). The van der Waals surface area contributed by atoms with Crippen LogP contribution in [0.4, 0.5) is 5.69 Å². The van der Waals surface area contributed by atoms with E-state index in [1.54, 1.807) is 13.4 Å². The number of nitrogens with one attached hydrogen (secondary N) is 1. The minimum Gasteiger partial charge on any atom is -0.495 e. The van der Waals surface area contributed by atoms with E-state index in [-0.39, 0.29) is 18.5 Å². The van der Waals surface area contributed by atoms with Crippen molar-refractivity contribution in [2.45, 2.75) is 13.0 Å². The monoisotopic (exact) mass is 365 g/mol. The Hall–Kier alpha value is -3.25. The highest BCUT2D eigenvalue weighted by Gasteiger charge is 2.17. The Balaban J connectivity index is 1.53. The van der Waals surface area contributed by atoms with Crippen molar-refractivity contribution >= 4 is 33.5 Å². The second-order valence-electron chi connectivity index (χ2n) is 6.44. The van der Waals surface area contributed by atoms with Gasteiger partial charge in [-0.05, 0) is 31.2 Å². The van der Waals surface area contributed by atoms with Gasteiger partial charge >= 0.3 is 0 Å². The van der Waals surface area contributed by atoms with E-state index < -0.39 is 0 Å². The number of carbonyl (C=O) groups is 1. The Morgan fingerprint density at radius 1 is 1.15 bits per heavy atom.